The van der Waals surface area contributed by atoms with Gasteiger partial charge in [0.15, 0.2) is 0 Å². The molecule has 0 fully saturated rings. The van der Waals surface area contributed by atoms with Gasteiger partial charge < -0.3 is 9.88 Å². The van der Waals surface area contributed by atoms with Gasteiger partial charge in [-0.05, 0) is 44.0 Å². The minimum absolute atomic E-state index is 0.353. The second-order valence-corrected chi connectivity index (χ2v) is 6.62. The Labute approximate surface area is 137 Å². The van der Waals surface area contributed by atoms with E-state index in [-0.39, 0.29) is 0 Å². The molecule has 0 radical (unpaired) electrons. The summed E-state index contributed by atoms with van der Waals surface area (Å²) in [7, 11) is 0. The molecule has 0 aliphatic rings. The minimum atomic E-state index is 0.353. The number of benzene rings is 1. The van der Waals surface area contributed by atoms with E-state index in [2.05, 4.69) is 71.9 Å². The van der Waals surface area contributed by atoms with Crippen molar-refractivity contribution in [2.75, 3.05) is 6.54 Å². The van der Waals surface area contributed by atoms with E-state index in [1.807, 2.05) is 18.7 Å². The maximum atomic E-state index is 4.04. The summed E-state index contributed by atoms with van der Waals surface area (Å²) in [5.74, 6) is 0. The number of halogens is 2. The largest absolute Gasteiger partial charge is 0.337 e. The molecule has 2 rings (SSSR count). The molecule has 0 saturated carbocycles. The Hall–Kier alpha value is -0.650. The molecule has 20 heavy (non-hydrogen) atoms. The highest BCUT2D eigenvalue weighted by Crippen LogP contribution is 2.26. The van der Waals surface area contributed by atoms with Gasteiger partial charge in [-0.25, -0.2) is 4.98 Å². The topological polar surface area (TPSA) is 29.9 Å². The van der Waals surface area contributed by atoms with Gasteiger partial charge in [0.05, 0.1) is 6.33 Å². The molecule has 1 atom stereocenters. The molecule has 1 N–H and O–H groups in total. The molecule has 1 aromatic carbocycles. The molecule has 0 aliphatic heterocycles. The van der Waals surface area contributed by atoms with E-state index in [4.69, 9.17) is 0 Å². The van der Waals surface area contributed by atoms with Gasteiger partial charge in [0.1, 0.15) is 0 Å². The van der Waals surface area contributed by atoms with Crippen molar-refractivity contribution in [1.82, 2.24) is 14.9 Å². The van der Waals surface area contributed by atoms with Crippen LogP contribution in [-0.4, -0.2) is 16.1 Å². The average Bonchev–Trinajstić information content (AvgIpc) is 2.91. The summed E-state index contributed by atoms with van der Waals surface area (Å²) in [4.78, 5) is 4.04. The summed E-state index contributed by atoms with van der Waals surface area (Å²) >= 11 is 7.10. The molecule has 108 valence electrons. The van der Waals surface area contributed by atoms with E-state index in [9.17, 15) is 0 Å². The summed E-state index contributed by atoms with van der Waals surface area (Å²) < 4.78 is 4.36. The molecule has 0 saturated heterocycles. The zero-order chi connectivity index (χ0) is 14.4. The van der Waals surface area contributed by atoms with Crippen molar-refractivity contribution >= 4 is 31.9 Å². The molecular weight excluding hydrogens is 382 g/mol. The number of rotatable bonds is 7. The van der Waals surface area contributed by atoms with Gasteiger partial charge >= 0.3 is 0 Å². The number of hydrogen-bond donors (Lipinski definition) is 1. The van der Waals surface area contributed by atoms with Crippen LogP contribution in [-0.2, 0) is 6.54 Å². The van der Waals surface area contributed by atoms with Crippen LogP contribution in [0.3, 0.4) is 0 Å². The fraction of sp³-hybridized carbons (Fsp3) is 0.400. The lowest BCUT2D eigenvalue weighted by atomic mass is 10.1. The van der Waals surface area contributed by atoms with Crippen LogP contribution in [0.4, 0.5) is 0 Å². The second kappa shape index (κ2) is 7.96. The van der Waals surface area contributed by atoms with Crippen LogP contribution in [0.5, 0.6) is 0 Å². The zero-order valence-electron chi connectivity index (χ0n) is 11.5. The van der Waals surface area contributed by atoms with Gasteiger partial charge in [-0.1, -0.05) is 37.9 Å². The predicted octanol–water partition coefficient (Wildman–Crippen LogP) is 4.54. The number of unbranched alkanes of at least 4 members (excludes halogenated alkanes) is 1. The Balaban J connectivity index is 1.70. The maximum Gasteiger partial charge on any atom is 0.0945 e. The molecule has 0 amide bonds. The van der Waals surface area contributed by atoms with E-state index in [0.717, 1.165) is 34.9 Å². The first-order valence-electron chi connectivity index (χ1n) is 6.81. The molecule has 1 unspecified atom stereocenters. The van der Waals surface area contributed by atoms with Crippen molar-refractivity contribution in [2.24, 2.45) is 0 Å². The smallest absolute Gasteiger partial charge is 0.0945 e. The van der Waals surface area contributed by atoms with Gasteiger partial charge in [0, 0.05) is 33.9 Å². The lowest BCUT2D eigenvalue weighted by Gasteiger charge is -2.16. The van der Waals surface area contributed by atoms with E-state index in [1.54, 1.807) is 0 Å². The lowest BCUT2D eigenvalue weighted by Crippen LogP contribution is -2.20. The predicted molar refractivity (Wildman–Crippen MR) is 89.7 cm³/mol. The van der Waals surface area contributed by atoms with Crippen molar-refractivity contribution < 1.29 is 0 Å². The van der Waals surface area contributed by atoms with Crippen molar-refractivity contribution in [3.05, 3.63) is 51.4 Å². The number of nitrogens with one attached hydrogen (secondary N) is 1. The number of imidazole rings is 1. The Kier molecular flexibility index (Phi) is 6.26. The van der Waals surface area contributed by atoms with Crippen LogP contribution in [0.1, 0.15) is 31.4 Å². The summed E-state index contributed by atoms with van der Waals surface area (Å²) in [6, 6.07) is 6.67. The fourth-order valence-electron chi connectivity index (χ4n) is 2.12. The van der Waals surface area contributed by atoms with Crippen LogP contribution in [0.15, 0.2) is 45.9 Å². The molecule has 1 heterocycles. The molecule has 3 nitrogen and oxygen atoms in total. The first-order valence-corrected chi connectivity index (χ1v) is 8.39. The number of aryl methyl sites for hydroxylation is 1. The molecule has 1 aromatic heterocycles. The van der Waals surface area contributed by atoms with Crippen molar-refractivity contribution in [1.29, 1.82) is 0 Å². The van der Waals surface area contributed by atoms with Crippen LogP contribution in [0, 0.1) is 0 Å². The lowest BCUT2D eigenvalue weighted by molar-refractivity contribution is 0.522. The first kappa shape index (κ1) is 15.7. The number of hydrogen-bond acceptors (Lipinski definition) is 2. The minimum Gasteiger partial charge on any atom is -0.337 e. The fourth-order valence-corrected chi connectivity index (χ4v) is 3.51. The molecule has 0 aliphatic carbocycles. The SMILES string of the molecule is CC(NCCCCn1ccnc1)c1ccc(Br)cc1Br. The third kappa shape index (κ3) is 4.72. The normalized spacial score (nSPS) is 12.6. The van der Waals surface area contributed by atoms with E-state index in [1.165, 1.54) is 5.56 Å². The molecule has 0 bridgehead atoms. The van der Waals surface area contributed by atoms with Crippen LogP contribution < -0.4 is 5.32 Å². The highest BCUT2D eigenvalue weighted by Gasteiger charge is 2.08. The number of aromatic nitrogens is 2. The highest BCUT2D eigenvalue weighted by atomic mass is 79.9. The van der Waals surface area contributed by atoms with Crippen LogP contribution in [0.25, 0.3) is 0 Å². The summed E-state index contributed by atoms with van der Waals surface area (Å²) in [5, 5.41) is 3.57. The van der Waals surface area contributed by atoms with Gasteiger partial charge in [-0.2, -0.15) is 0 Å². The Bertz CT molecular complexity index is 526. The van der Waals surface area contributed by atoms with Crippen molar-refractivity contribution in [2.45, 2.75) is 32.4 Å². The van der Waals surface area contributed by atoms with Gasteiger partial charge in [0.25, 0.3) is 0 Å². The van der Waals surface area contributed by atoms with Gasteiger partial charge in [-0.3, -0.25) is 0 Å². The van der Waals surface area contributed by atoms with E-state index >= 15 is 0 Å². The quantitative estimate of drug-likeness (QED) is 0.691. The summed E-state index contributed by atoms with van der Waals surface area (Å²) in [6.07, 6.45) is 8.03. The van der Waals surface area contributed by atoms with Crippen molar-refractivity contribution in [3.63, 3.8) is 0 Å². The zero-order valence-corrected chi connectivity index (χ0v) is 14.7. The third-order valence-corrected chi connectivity index (χ3v) is 4.46. The summed E-state index contributed by atoms with van der Waals surface area (Å²) in [5.41, 5.74) is 1.29. The monoisotopic (exact) mass is 399 g/mol. The molecule has 5 heteroatoms. The molecule has 2 aromatic rings. The second-order valence-electron chi connectivity index (χ2n) is 4.85. The Morgan fingerprint density at radius 1 is 1.30 bits per heavy atom. The van der Waals surface area contributed by atoms with Crippen LogP contribution >= 0.6 is 31.9 Å². The molecular formula is C15H19Br2N3. The Morgan fingerprint density at radius 3 is 2.85 bits per heavy atom. The standard InChI is InChI=1S/C15H19Br2N3/c1-12(14-5-4-13(16)10-15(14)17)19-6-2-3-8-20-9-7-18-11-20/h4-5,7,9-12,19H,2-3,6,8H2,1H3. The maximum absolute atomic E-state index is 4.04. The summed E-state index contributed by atoms with van der Waals surface area (Å²) in [6.45, 7) is 4.26. The molecule has 0 spiro atoms. The first-order chi connectivity index (χ1) is 9.66. The van der Waals surface area contributed by atoms with Gasteiger partial charge in [0.2, 0.25) is 0 Å². The highest BCUT2D eigenvalue weighted by molar-refractivity contribution is 9.11. The third-order valence-electron chi connectivity index (χ3n) is 3.28. The van der Waals surface area contributed by atoms with Crippen LogP contribution in [0.2, 0.25) is 0 Å². The van der Waals surface area contributed by atoms with E-state index in [0.29, 0.717) is 6.04 Å². The van der Waals surface area contributed by atoms with Crippen molar-refractivity contribution in [3.8, 4) is 0 Å². The van der Waals surface area contributed by atoms with E-state index < -0.39 is 0 Å². The average molecular weight is 401 g/mol. The Morgan fingerprint density at radius 2 is 2.15 bits per heavy atom. The van der Waals surface area contributed by atoms with Gasteiger partial charge in [-0.15, -0.1) is 0 Å². The number of nitrogens with zero attached hydrogens (tertiary/aromatic N) is 2.